The molecule has 104 valence electrons. The van der Waals surface area contributed by atoms with E-state index in [1.807, 2.05) is 13.8 Å². The standard InChI is InChI=1S/C12H18N4O3/c1-8(2)6-9-11(12(18)19)13-14-16(9)7-10(17)15-4-3-5-15/h8H,3-7H2,1-2H3,(H,18,19). The van der Waals surface area contributed by atoms with E-state index < -0.39 is 5.97 Å². The van der Waals surface area contributed by atoms with E-state index in [0.717, 1.165) is 19.5 Å². The lowest BCUT2D eigenvalue weighted by molar-refractivity contribution is -0.135. The average Bonchev–Trinajstić information content (AvgIpc) is 2.58. The number of aromatic nitrogens is 3. The molecule has 1 aliphatic rings. The van der Waals surface area contributed by atoms with Gasteiger partial charge in [0, 0.05) is 13.1 Å². The Balaban J connectivity index is 2.18. The maximum absolute atomic E-state index is 11.9. The maximum Gasteiger partial charge on any atom is 0.358 e. The first-order valence-electron chi connectivity index (χ1n) is 6.42. The van der Waals surface area contributed by atoms with Crippen LogP contribution in [-0.2, 0) is 17.8 Å². The summed E-state index contributed by atoms with van der Waals surface area (Å²) in [6.07, 6.45) is 1.57. The number of hydrogen-bond acceptors (Lipinski definition) is 4. The molecule has 0 atom stereocenters. The number of likely N-dealkylation sites (tertiary alicyclic amines) is 1. The number of carbonyl (C=O) groups is 2. The summed E-state index contributed by atoms with van der Waals surface area (Å²) < 4.78 is 1.42. The summed E-state index contributed by atoms with van der Waals surface area (Å²) in [4.78, 5) is 24.7. The van der Waals surface area contributed by atoms with Crippen LogP contribution in [0.2, 0.25) is 0 Å². The Morgan fingerprint density at radius 2 is 2.05 bits per heavy atom. The molecule has 1 amide bonds. The molecule has 0 bridgehead atoms. The molecule has 0 spiro atoms. The highest BCUT2D eigenvalue weighted by Gasteiger charge is 2.24. The van der Waals surface area contributed by atoms with Crippen molar-refractivity contribution < 1.29 is 14.7 Å². The van der Waals surface area contributed by atoms with E-state index in [1.54, 1.807) is 4.90 Å². The van der Waals surface area contributed by atoms with E-state index in [4.69, 9.17) is 5.11 Å². The number of carboxylic acids is 1. The van der Waals surface area contributed by atoms with Crippen LogP contribution in [0.5, 0.6) is 0 Å². The minimum atomic E-state index is -1.10. The van der Waals surface area contributed by atoms with Gasteiger partial charge in [0.05, 0.1) is 5.69 Å². The second-order valence-corrected chi connectivity index (χ2v) is 5.18. The van der Waals surface area contributed by atoms with Crippen molar-refractivity contribution >= 4 is 11.9 Å². The van der Waals surface area contributed by atoms with Crippen molar-refractivity contribution in [3.8, 4) is 0 Å². The largest absolute Gasteiger partial charge is 0.476 e. The molecule has 1 saturated heterocycles. The molecule has 0 saturated carbocycles. The third-order valence-corrected chi connectivity index (χ3v) is 3.14. The summed E-state index contributed by atoms with van der Waals surface area (Å²) in [5.41, 5.74) is 0.474. The minimum Gasteiger partial charge on any atom is -0.476 e. The first-order chi connectivity index (χ1) is 8.99. The van der Waals surface area contributed by atoms with Crippen LogP contribution in [0.15, 0.2) is 0 Å². The van der Waals surface area contributed by atoms with Gasteiger partial charge in [-0.3, -0.25) is 4.79 Å². The number of rotatable bonds is 5. The molecular weight excluding hydrogens is 248 g/mol. The molecule has 1 aromatic heterocycles. The van der Waals surface area contributed by atoms with Crippen LogP contribution in [0.25, 0.3) is 0 Å². The molecule has 0 unspecified atom stereocenters. The van der Waals surface area contributed by atoms with Crippen LogP contribution in [0, 0.1) is 5.92 Å². The number of carbonyl (C=O) groups excluding carboxylic acids is 1. The van der Waals surface area contributed by atoms with Gasteiger partial charge in [-0.2, -0.15) is 0 Å². The topological polar surface area (TPSA) is 88.3 Å². The summed E-state index contributed by atoms with van der Waals surface area (Å²) in [6, 6.07) is 0. The van der Waals surface area contributed by atoms with Crippen LogP contribution >= 0.6 is 0 Å². The first-order valence-corrected chi connectivity index (χ1v) is 6.42. The Hall–Kier alpha value is -1.92. The summed E-state index contributed by atoms with van der Waals surface area (Å²) in [5, 5.41) is 16.6. The molecule has 2 heterocycles. The highest BCUT2D eigenvalue weighted by Crippen LogP contribution is 2.13. The Morgan fingerprint density at radius 1 is 1.37 bits per heavy atom. The van der Waals surface area contributed by atoms with Gasteiger partial charge in [-0.1, -0.05) is 19.1 Å². The highest BCUT2D eigenvalue weighted by molar-refractivity contribution is 5.86. The Labute approximate surface area is 111 Å². The monoisotopic (exact) mass is 266 g/mol. The normalized spacial score (nSPS) is 14.6. The van der Waals surface area contributed by atoms with Gasteiger partial charge in [-0.05, 0) is 18.8 Å². The SMILES string of the molecule is CC(C)Cc1c(C(=O)O)nnn1CC(=O)N1CCC1. The molecule has 2 rings (SSSR count). The third-order valence-electron chi connectivity index (χ3n) is 3.14. The maximum atomic E-state index is 11.9. The van der Waals surface area contributed by atoms with Gasteiger partial charge >= 0.3 is 5.97 Å². The second kappa shape index (κ2) is 5.38. The number of hydrogen-bond donors (Lipinski definition) is 1. The fourth-order valence-electron chi connectivity index (χ4n) is 2.01. The Morgan fingerprint density at radius 3 is 2.53 bits per heavy atom. The van der Waals surface area contributed by atoms with E-state index in [2.05, 4.69) is 10.3 Å². The van der Waals surface area contributed by atoms with Crippen molar-refractivity contribution in [1.82, 2.24) is 19.9 Å². The zero-order valence-corrected chi connectivity index (χ0v) is 11.2. The van der Waals surface area contributed by atoms with Gasteiger partial charge in [0.25, 0.3) is 0 Å². The van der Waals surface area contributed by atoms with Crippen LogP contribution in [-0.4, -0.2) is 50.0 Å². The molecule has 1 N–H and O–H groups in total. The quantitative estimate of drug-likeness (QED) is 0.833. The van der Waals surface area contributed by atoms with E-state index in [9.17, 15) is 9.59 Å². The Bertz CT molecular complexity index is 491. The molecule has 0 aliphatic carbocycles. The zero-order valence-electron chi connectivity index (χ0n) is 11.2. The van der Waals surface area contributed by atoms with E-state index in [1.165, 1.54) is 4.68 Å². The predicted molar refractivity (Wildman–Crippen MR) is 66.7 cm³/mol. The molecule has 1 aliphatic heterocycles. The molecular formula is C12H18N4O3. The lowest BCUT2D eigenvalue weighted by Gasteiger charge is -2.30. The van der Waals surface area contributed by atoms with Crippen molar-refractivity contribution in [1.29, 1.82) is 0 Å². The third kappa shape index (κ3) is 2.91. The lowest BCUT2D eigenvalue weighted by atomic mass is 10.1. The Kier molecular flexibility index (Phi) is 3.82. The van der Waals surface area contributed by atoms with Gasteiger partial charge in [0.1, 0.15) is 6.54 Å². The summed E-state index contributed by atoms with van der Waals surface area (Å²) in [7, 11) is 0. The van der Waals surface area contributed by atoms with Gasteiger partial charge < -0.3 is 10.0 Å². The lowest BCUT2D eigenvalue weighted by Crippen LogP contribution is -2.44. The van der Waals surface area contributed by atoms with Gasteiger partial charge in [0.2, 0.25) is 5.91 Å². The van der Waals surface area contributed by atoms with Crippen molar-refractivity contribution in [3.05, 3.63) is 11.4 Å². The van der Waals surface area contributed by atoms with Crippen LogP contribution in [0.3, 0.4) is 0 Å². The van der Waals surface area contributed by atoms with Crippen LogP contribution in [0.4, 0.5) is 0 Å². The van der Waals surface area contributed by atoms with Crippen molar-refractivity contribution in [2.45, 2.75) is 33.2 Å². The molecule has 7 heteroatoms. The van der Waals surface area contributed by atoms with Crippen molar-refractivity contribution in [2.75, 3.05) is 13.1 Å². The second-order valence-electron chi connectivity index (χ2n) is 5.18. The summed E-state index contributed by atoms with van der Waals surface area (Å²) >= 11 is 0. The van der Waals surface area contributed by atoms with Crippen molar-refractivity contribution in [2.24, 2.45) is 5.92 Å². The molecule has 1 aromatic rings. The predicted octanol–water partition coefficient (Wildman–Crippen LogP) is 0.407. The molecule has 7 nitrogen and oxygen atoms in total. The molecule has 0 aromatic carbocycles. The fourth-order valence-corrected chi connectivity index (χ4v) is 2.01. The molecule has 19 heavy (non-hydrogen) atoms. The zero-order chi connectivity index (χ0) is 14.0. The number of nitrogens with zero attached hydrogens (tertiary/aromatic N) is 4. The van der Waals surface area contributed by atoms with Gasteiger partial charge in [0.15, 0.2) is 5.69 Å². The number of carboxylic acid groups (broad SMARTS) is 1. The number of aromatic carboxylic acids is 1. The molecule has 0 radical (unpaired) electrons. The van der Waals surface area contributed by atoms with E-state index in [0.29, 0.717) is 12.1 Å². The molecule has 1 fully saturated rings. The van der Waals surface area contributed by atoms with Gasteiger partial charge in [-0.25, -0.2) is 9.48 Å². The van der Waals surface area contributed by atoms with Gasteiger partial charge in [-0.15, -0.1) is 5.10 Å². The van der Waals surface area contributed by atoms with Crippen LogP contribution in [0.1, 0.15) is 36.5 Å². The van der Waals surface area contributed by atoms with Crippen LogP contribution < -0.4 is 0 Å². The first kappa shape index (κ1) is 13.5. The van der Waals surface area contributed by atoms with E-state index in [-0.39, 0.29) is 24.1 Å². The average molecular weight is 266 g/mol. The number of amides is 1. The van der Waals surface area contributed by atoms with E-state index >= 15 is 0 Å². The smallest absolute Gasteiger partial charge is 0.358 e. The summed E-state index contributed by atoms with van der Waals surface area (Å²) in [6.45, 7) is 5.60. The summed E-state index contributed by atoms with van der Waals surface area (Å²) in [5.74, 6) is -0.856. The minimum absolute atomic E-state index is 0.0295. The fraction of sp³-hybridized carbons (Fsp3) is 0.667. The highest BCUT2D eigenvalue weighted by atomic mass is 16.4. The van der Waals surface area contributed by atoms with Crippen molar-refractivity contribution in [3.63, 3.8) is 0 Å².